The van der Waals surface area contributed by atoms with Crippen molar-refractivity contribution < 1.29 is 17.9 Å². The number of anilines is 1. The fraction of sp³-hybridized carbons (Fsp3) is 0.480. The van der Waals surface area contributed by atoms with Crippen LogP contribution in [0.15, 0.2) is 47.4 Å². The van der Waals surface area contributed by atoms with E-state index in [1.54, 1.807) is 34.5 Å². The van der Waals surface area contributed by atoms with E-state index in [1.165, 1.54) is 0 Å². The molecule has 1 saturated heterocycles. The molecule has 2 aromatic rings. The average molecular weight is 472 g/mol. The maximum Gasteiger partial charge on any atom is 0.243 e. The van der Waals surface area contributed by atoms with Gasteiger partial charge in [-0.05, 0) is 63.1 Å². The molecule has 0 spiro atoms. The van der Waals surface area contributed by atoms with Gasteiger partial charge in [-0.2, -0.15) is 4.31 Å². The van der Waals surface area contributed by atoms with Gasteiger partial charge < -0.3 is 9.64 Å². The Balaban J connectivity index is 1.47. The minimum absolute atomic E-state index is 0.00392. The van der Waals surface area contributed by atoms with Gasteiger partial charge >= 0.3 is 0 Å². The summed E-state index contributed by atoms with van der Waals surface area (Å²) < 4.78 is 33.1. The van der Waals surface area contributed by atoms with Crippen molar-refractivity contribution in [3.63, 3.8) is 0 Å². The average Bonchev–Trinajstić information content (AvgIpc) is 3.27. The number of nitrogens with zero attached hydrogens (tertiary/aromatic N) is 3. The number of hydrogen-bond acceptors (Lipinski definition) is 5. The Morgan fingerprint density at radius 3 is 2.55 bits per heavy atom. The van der Waals surface area contributed by atoms with E-state index in [9.17, 15) is 13.2 Å². The third-order valence-corrected chi connectivity index (χ3v) is 8.73. The van der Waals surface area contributed by atoms with Gasteiger partial charge in [0.25, 0.3) is 0 Å². The summed E-state index contributed by atoms with van der Waals surface area (Å²) >= 11 is 0. The molecule has 2 heterocycles. The zero-order valence-electron chi connectivity index (χ0n) is 19.7. The van der Waals surface area contributed by atoms with E-state index < -0.39 is 10.0 Å². The number of sulfonamides is 1. The topological polar surface area (TPSA) is 70.2 Å². The molecule has 4 rings (SSSR count). The number of piperidine rings is 1. The normalized spacial score (nSPS) is 17.8. The molecule has 33 heavy (non-hydrogen) atoms. The van der Waals surface area contributed by atoms with Gasteiger partial charge in [0.1, 0.15) is 5.75 Å². The minimum Gasteiger partial charge on any atom is -0.496 e. The first-order valence-corrected chi connectivity index (χ1v) is 13.0. The second-order valence-corrected chi connectivity index (χ2v) is 10.8. The molecule has 0 N–H and O–H groups in total. The second kappa shape index (κ2) is 9.83. The minimum atomic E-state index is -3.48. The lowest BCUT2D eigenvalue weighted by Crippen LogP contribution is -2.39. The number of rotatable bonds is 7. The van der Waals surface area contributed by atoms with E-state index in [2.05, 4.69) is 6.92 Å². The molecular formula is C25H33N3O4S. The number of amides is 1. The largest absolute Gasteiger partial charge is 0.496 e. The standard InChI is InChI=1S/C25H33N3O4S/c1-19(22-9-5-6-10-24(22)32-3)26(2)18-25(29)28-16-13-20-17-21(11-12-23(20)28)33(30,31)27-14-7-4-8-15-27/h5-6,9-12,17,19H,4,7-8,13-16,18H2,1-3H3. The number of carbonyl (C=O) groups excluding carboxylic acids is 1. The first kappa shape index (κ1) is 23.7. The molecule has 2 aliphatic rings. The van der Waals surface area contributed by atoms with Crippen LogP contribution >= 0.6 is 0 Å². The molecule has 8 heteroatoms. The van der Waals surface area contributed by atoms with E-state index in [1.807, 2.05) is 36.2 Å². The molecule has 1 unspecified atom stereocenters. The maximum atomic E-state index is 13.2. The summed E-state index contributed by atoms with van der Waals surface area (Å²) in [4.78, 5) is 17.3. The molecule has 0 radical (unpaired) electrons. The number of para-hydroxylation sites is 1. The van der Waals surface area contributed by atoms with Crippen molar-refractivity contribution in [2.75, 3.05) is 45.2 Å². The fourth-order valence-corrected chi connectivity index (χ4v) is 6.30. The Morgan fingerprint density at radius 1 is 1.09 bits per heavy atom. The smallest absolute Gasteiger partial charge is 0.243 e. The van der Waals surface area contributed by atoms with Crippen LogP contribution in [0.5, 0.6) is 5.75 Å². The van der Waals surface area contributed by atoms with Gasteiger partial charge in [-0.25, -0.2) is 8.42 Å². The van der Waals surface area contributed by atoms with Gasteiger partial charge in [0.2, 0.25) is 15.9 Å². The van der Waals surface area contributed by atoms with Crippen molar-refractivity contribution in [2.45, 2.75) is 43.5 Å². The van der Waals surface area contributed by atoms with Crippen LogP contribution < -0.4 is 9.64 Å². The molecule has 0 aromatic heterocycles. The van der Waals surface area contributed by atoms with E-state index in [0.717, 1.165) is 41.8 Å². The molecule has 0 bridgehead atoms. The third-order valence-electron chi connectivity index (χ3n) is 6.84. The predicted octanol–water partition coefficient (Wildman–Crippen LogP) is 3.45. The Morgan fingerprint density at radius 2 is 1.82 bits per heavy atom. The molecule has 1 amide bonds. The molecule has 178 valence electrons. The number of likely N-dealkylation sites (N-methyl/N-ethyl adjacent to an activating group) is 1. The summed E-state index contributed by atoms with van der Waals surface area (Å²) in [6.45, 7) is 4.05. The second-order valence-electron chi connectivity index (χ2n) is 8.88. The number of benzene rings is 2. The first-order chi connectivity index (χ1) is 15.8. The lowest BCUT2D eigenvalue weighted by Gasteiger charge is -2.28. The van der Waals surface area contributed by atoms with Gasteiger partial charge in [0, 0.05) is 36.9 Å². The van der Waals surface area contributed by atoms with Crippen LogP contribution in [-0.4, -0.2) is 63.9 Å². The number of fused-ring (bicyclic) bond motifs is 1. The van der Waals surface area contributed by atoms with Crippen molar-refractivity contribution >= 4 is 21.6 Å². The summed E-state index contributed by atoms with van der Waals surface area (Å²) in [5.41, 5.74) is 2.77. The highest BCUT2D eigenvalue weighted by atomic mass is 32.2. The maximum absolute atomic E-state index is 13.2. The van der Waals surface area contributed by atoms with Gasteiger partial charge in [-0.3, -0.25) is 9.69 Å². The zero-order chi connectivity index (χ0) is 23.6. The lowest BCUT2D eigenvalue weighted by atomic mass is 10.1. The third kappa shape index (κ3) is 4.78. The summed E-state index contributed by atoms with van der Waals surface area (Å²) in [5.74, 6) is 0.808. The van der Waals surface area contributed by atoms with Crippen molar-refractivity contribution in [3.05, 3.63) is 53.6 Å². The number of ether oxygens (including phenoxy) is 1. The molecule has 7 nitrogen and oxygen atoms in total. The van der Waals surface area contributed by atoms with Crippen LogP contribution in [0.4, 0.5) is 5.69 Å². The van der Waals surface area contributed by atoms with Gasteiger partial charge in [-0.15, -0.1) is 0 Å². The highest BCUT2D eigenvalue weighted by molar-refractivity contribution is 7.89. The van der Waals surface area contributed by atoms with E-state index in [-0.39, 0.29) is 18.5 Å². The first-order valence-electron chi connectivity index (χ1n) is 11.6. The predicted molar refractivity (Wildman–Crippen MR) is 129 cm³/mol. The fourth-order valence-electron chi connectivity index (χ4n) is 4.74. The monoisotopic (exact) mass is 471 g/mol. The van der Waals surface area contributed by atoms with Crippen LogP contribution in [0, 0.1) is 0 Å². The SMILES string of the molecule is COc1ccccc1C(C)N(C)CC(=O)N1CCc2cc(S(=O)(=O)N3CCCCC3)ccc21. The quantitative estimate of drug-likeness (QED) is 0.619. The van der Waals surface area contributed by atoms with Gasteiger partial charge in [-0.1, -0.05) is 24.6 Å². The lowest BCUT2D eigenvalue weighted by molar-refractivity contribution is -0.119. The van der Waals surface area contributed by atoms with Crippen LogP contribution in [0.3, 0.4) is 0 Å². The molecule has 2 aromatic carbocycles. The van der Waals surface area contributed by atoms with Crippen LogP contribution in [0.2, 0.25) is 0 Å². The Kier molecular flexibility index (Phi) is 7.07. The summed E-state index contributed by atoms with van der Waals surface area (Å²) in [5, 5.41) is 0. The molecule has 0 aliphatic carbocycles. The van der Waals surface area contributed by atoms with Crippen molar-refractivity contribution in [2.24, 2.45) is 0 Å². The summed E-state index contributed by atoms with van der Waals surface area (Å²) in [6.07, 6.45) is 3.56. The Hall–Kier alpha value is -2.42. The van der Waals surface area contributed by atoms with Crippen molar-refractivity contribution in [1.29, 1.82) is 0 Å². The van der Waals surface area contributed by atoms with Crippen LogP contribution in [0.25, 0.3) is 0 Å². The van der Waals surface area contributed by atoms with Crippen molar-refractivity contribution in [3.8, 4) is 5.75 Å². The Labute approximate surface area is 197 Å². The molecule has 1 atom stereocenters. The van der Waals surface area contributed by atoms with Gasteiger partial charge in [0.15, 0.2) is 0 Å². The van der Waals surface area contributed by atoms with Gasteiger partial charge in [0.05, 0.1) is 18.6 Å². The molecule has 1 fully saturated rings. The molecule has 2 aliphatic heterocycles. The highest BCUT2D eigenvalue weighted by Crippen LogP contribution is 2.33. The van der Waals surface area contributed by atoms with Crippen LogP contribution in [-0.2, 0) is 21.2 Å². The van der Waals surface area contributed by atoms with Crippen molar-refractivity contribution in [1.82, 2.24) is 9.21 Å². The number of hydrogen-bond donors (Lipinski definition) is 0. The summed E-state index contributed by atoms with van der Waals surface area (Å²) in [6, 6.07) is 13.0. The highest BCUT2D eigenvalue weighted by Gasteiger charge is 2.31. The van der Waals surface area contributed by atoms with Crippen LogP contribution in [0.1, 0.15) is 43.4 Å². The van der Waals surface area contributed by atoms with E-state index in [0.29, 0.717) is 31.0 Å². The molecular weight excluding hydrogens is 438 g/mol. The molecule has 0 saturated carbocycles. The number of carbonyl (C=O) groups is 1. The zero-order valence-corrected chi connectivity index (χ0v) is 20.5. The summed E-state index contributed by atoms with van der Waals surface area (Å²) in [7, 11) is 0.102. The van der Waals surface area contributed by atoms with E-state index >= 15 is 0 Å². The Bertz CT molecular complexity index is 1110. The number of methoxy groups -OCH3 is 1. The van der Waals surface area contributed by atoms with E-state index in [4.69, 9.17) is 4.74 Å².